The molecule has 3 rings (SSSR count). The van der Waals surface area contributed by atoms with Crippen molar-refractivity contribution in [2.75, 3.05) is 5.32 Å². The first-order valence-corrected chi connectivity index (χ1v) is 8.52. The van der Waals surface area contributed by atoms with Crippen LogP contribution in [-0.2, 0) is 14.6 Å². The van der Waals surface area contributed by atoms with Crippen molar-refractivity contribution in [2.45, 2.75) is 10.1 Å². The number of nitrogens with one attached hydrogen (secondary N) is 2. The van der Waals surface area contributed by atoms with Crippen molar-refractivity contribution in [3.63, 3.8) is 0 Å². The van der Waals surface area contributed by atoms with Gasteiger partial charge in [0.2, 0.25) is 11.9 Å². The second kappa shape index (κ2) is 6.59. The number of hydrogen-bond donors (Lipinski definition) is 2. The standard InChI is InChI=1S/C15H13N5O3S/c21-14(16-15-17-19-20-18-15)13(11-7-3-1-4-8-11)24(22,23)12-9-5-2-6-10-12/h1-10,13H,(H2,16,17,18,19,20,21). The Hall–Kier alpha value is -3.07. The van der Waals surface area contributed by atoms with E-state index in [2.05, 4.69) is 25.9 Å². The minimum Gasteiger partial charge on any atom is -0.292 e. The highest BCUT2D eigenvalue weighted by atomic mass is 32.2. The molecule has 0 bridgehead atoms. The first-order valence-electron chi connectivity index (χ1n) is 6.97. The van der Waals surface area contributed by atoms with Crippen LogP contribution in [-0.4, -0.2) is 34.9 Å². The smallest absolute Gasteiger partial charge is 0.250 e. The van der Waals surface area contributed by atoms with Crippen molar-refractivity contribution in [1.82, 2.24) is 20.6 Å². The van der Waals surface area contributed by atoms with Gasteiger partial charge in [0.15, 0.2) is 15.1 Å². The van der Waals surface area contributed by atoms with Crippen molar-refractivity contribution in [2.24, 2.45) is 0 Å². The minimum atomic E-state index is -3.95. The summed E-state index contributed by atoms with van der Waals surface area (Å²) in [6.45, 7) is 0. The monoisotopic (exact) mass is 343 g/mol. The summed E-state index contributed by atoms with van der Waals surface area (Å²) in [5.74, 6) is -0.771. The fourth-order valence-electron chi connectivity index (χ4n) is 2.24. The number of aromatic nitrogens is 4. The van der Waals surface area contributed by atoms with Gasteiger partial charge in [0, 0.05) is 0 Å². The van der Waals surface area contributed by atoms with Gasteiger partial charge >= 0.3 is 0 Å². The van der Waals surface area contributed by atoms with Gasteiger partial charge in [0.25, 0.3) is 0 Å². The van der Waals surface area contributed by atoms with E-state index in [1.807, 2.05) is 0 Å². The van der Waals surface area contributed by atoms with Crippen molar-refractivity contribution in [1.29, 1.82) is 0 Å². The third kappa shape index (κ3) is 3.15. The summed E-state index contributed by atoms with van der Waals surface area (Å²) in [6, 6.07) is 16.1. The maximum Gasteiger partial charge on any atom is 0.250 e. The predicted octanol–water partition coefficient (Wildman–Crippen LogP) is 1.35. The third-order valence-electron chi connectivity index (χ3n) is 3.31. The zero-order valence-electron chi connectivity index (χ0n) is 12.3. The molecule has 9 heteroatoms. The van der Waals surface area contributed by atoms with Gasteiger partial charge in [-0.05, 0) is 28.1 Å². The average Bonchev–Trinajstić information content (AvgIpc) is 3.09. The van der Waals surface area contributed by atoms with Crippen molar-refractivity contribution in [3.05, 3.63) is 66.2 Å². The number of benzene rings is 2. The van der Waals surface area contributed by atoms with Crippen molar-refractivity contribution in [3.8, 4) is 0 Å². The van der Waals surface area contributed by atoms with Gasteiger partial charge in [-0.1, -0.05) is 53.6 Å². The molecule has 1 atom stereocenters. The van der Waals surface area contributed by atoms with Crippen LogP contribution in [0.5, 0.6) is 0 Å². The second-order valence-electron chi connectivity index (χ2n) is 4.89. The van der Waals surface area contributed by atoms with E-state index in [0.717, 1.165) is 0 Å². The Morgan fingerprint density at radius 1 is 1.00 bits per heavy atom. The van der Waals surface area contributed by atoms with Gasteiger partial charge in [0.1, 0.15) is 0 Å². The van der Waals surface area contributed by atoms with Crippen LogP contribution >= 0.6 is 0 Å². The summed E-state index contributed by atoms with van der Waals surface area (Å²) in [6.07, 6.45) is 0. The largest absolute Gasteiger partial charge is 0.292 e. The maximum atomic E-state index is 13.0. The molecule has 0 saturated heterocycles. The first kappa shape index (κ1) is 15.8. The lowest BCUT2D eigenvalue weighted by atomic mass is 10.1. The van der Waals surface area contributed by atoms with E-state index >= 15 is 0 Å². The number of sulfone groups is 1. The first-order chi connectivity index (χ1) is 11.6. The molecule has 8 nitrogen and oxygen atoms in total. The number of amides is 1. The zero-order valence-corrected chi connectivity index (χ0v) is 13.1. The second-order valence-corrected chi connectivity index (χ2v) is 6.92. The fourth-order valence-corrected chi connectivity index (χ4v) is 3.90. The lowest BCUT2D eigenvalue weighted by Crippen LogP contribution is -2.28. The molecule has 0 fully saturated rings. The SMILES string of the molecule is O=C(Nc1nnn[nH]1)C(c1ccccc1)S(=O)(=O)c1ccccc1. The Bertz CT molecular complexity index is 912. The maximum absolute atomic E-state index is 13.0. The molecule has 0 radical (unpaired) electrons. The van der Waals surface area contributed by atoms with Gasteiger partial charge in [-0.3, -0.25) is 10.1 Å². The molecule has 2 N–H and O–H groups in total. The molecular weight excluding hydrogens is 330 g/mol. The number of hydrogen-bond acceptors (Lipinski definition) is 6. The highest BCUT2D eigenvalue weighted by molar-refractivity contribution is 7.92. The Morgan fingerprint density at radius 3 is 2.21 bits per heavy atom. The minimum absolute atomic E-state index is 0.0239. The fraction of sp³-hybridized carbons (Fsp3) is 0.0667. The van der Waals surface area contributed by atoms with E-state index in [0.29, 0.717) is 5.56 Å². The molecule has 0 aliphatic carbocycles. The number of carbonyl (C=O) groups excluding carboxylic acids is 1. The average molecular weight is 343 g/mol. The van der Waals surface area contributed by atoms with Crippen LogP contribution in [0.25, 0.3) is 0 Å². The van der Waals surface area contributed by atoms with Crippen LogP contribution in [0, 0.1) is 0 Å². The Labute approximate surface area is 137 Å². The summed E-state index contributed by atoms with van der Waals surface area (Å²) >= 11 is 0. The molecule has 122 valence electrons. The molecule has 0 spiro atoms. The molecule has 1 aromatic heterocycles. The van der Waals surface area contributed by atoms with E-state index < -0.39 is 21.0 Å². The van der Waals surface area contributed by atoms with E-state index in [-0.39, 0.29) is 10.8 Å². The highest BCUT2D eigenvalue weighted by Gasteiger charge is 2.35. The lowest BCUT2D eigenvalue weighted by Gasteiger charge is -2.17. The van der Waals surface area contributed by atoms with Crippen LogP contribution in [0.15, 0.2) is 65.6 Å². The molecule has 0 aliphatic rings. The van der Waals surface area contributed by atoms with Gasteiger partial charge in [-0.25, -0.2) is 13.5 Å². The van der Waals surface area contributed by atoms with Crippen LogP contribution in [0.3, 0.4) is 0 Å². The lowest BCUT2D eigenvalue weighted by molar-refractivity contribution is -0.116. The summed E-state index contributed by atoms with van der Waals surface area (Å²) < 4.78 is 26.0. The molecular formula is C15H13N5O3S. The van der Waals surface area contributed by atoms with Crippen LogP contribution < -0.4 is 5.32 Å². The third-order valence-corrected chi connectivity index (χ3v) is 5.35. The molecule has 0 saturated carbocycles. The van der Waals surface area contributed by atoms with Gasteiger partial charge < -0.3 is 0 Å². The Balaban J connectivity index is 2.04. The number of tetrazole rings is 1. The van der Waals surface area contributed by atoms with Crippen molar-refractivity contribution >= 4 is 21.7 Å². The number of nitrogens with zero attached hydrogens (tertiary/aromatic N) is 3. The van der Waals surface area contributed by atoms with Gasteiger partial charge in [-0.2, -0.15) is 0 Å². The topological polar surface area (TPSA) is 118 Å². The normalized spacial score (nSPS) is 12.5. The van der Waals surface area contributed by atoms with Crippen LogP contribution in [0.2, 0.25) is 0 Å². The summed E-state index contributed by atoms with van der Waals surface area (Å²) in [5, 5.41) is 13.6. The van der Waals surface area contributed by atoms with E-state index in [4.69, 9.17) is 0 Å². The quantitative estimate of drug-likeness (QED) is 0.722. The van der Waals surface area contributed by atoms with E-state index in [9.17, 15) is 13.2 Å². The highest BCUT2D eigenvalue weighted by Crippen LogP contribution is 2.29. The van der Waals surface area contributed by atoms with Crippen LogP contribution in [0.1, 0.15) is 10.8 Å². The number of anilines is 1. The van der Waals surface area contributed by atoms with Gasteiger partial charge in [0.05, 0.1) is 4.90 Å². The molecule has 24 heavy (non-hydrogen) atoms. The zero-order chi connectivity index (χ0) is 17.0. The number of carbonyl (C=O) groups is 1. The van der Waals surface area contributed by atoms with Crippen LogP contribution in [0.4, 0.5) is 5.95 Å². The molecule has 1 heterocycles. The summed E-state index contributed by atoms with van der Waals surface area (Å²) in [5.41, 5.74) is 0.353. The van der Waals surface area contributed by atoms with E-state index in [1.54, 1.807) is 48.5 Å². The molecule has 3 aromatic rings. The van der Waals surface area contributed by atoms with Crippen molar-refractivity contribution < 1.29 is 13.2 Å². The molecule has 2 aromatic carbocycles. The summed E-state index contributed by atoms with van der Waals surface area (Å²) in [4.78, 5) is 12.7. The molecule has 1 amide bonds. The number of H-pyrrole nitrogens is 1. The van der Waals surface area contributed by atoms with Gasteiger partial charge in [-0.15, -0.1) is 0 Å². The Kier molecular flexibility index (Phi) is 4.34. The number of rotatable bonds is 5. The predicted molar refractivity (Wildman–Crippen MR) is 85.6 cm³/mol. The molecule has 0 aliphatic heterocycles. The number of aromatic amines is 1. The summed E-state index contributed by atoms with van der Waals surface area (Å²) in [7, 11) is -3.95. The Morgan fingerprint density at radius 2 is 1.62 bits per heavy atom. The molecule has 1 unspecified atom stereocenters. The van der Waals surface area contributed by atoms with E-state index in [1.165, 1.54) is 12.1 Å².